The maximum atomic E-state index is 12.9. The van der Waals surface area contributed by atoms with Crippen molar-refractivity contribution in [1.29, 1.82) is 0 Å². The third-order valence-corrected chi connectivity index (χ3v) is 5.45. The normalized spacial score (nSPS) is 16.9. The Morgan fingerprint density at radius 3 is 2.53 bits per heavy atom. The van der Waals surface area contributed by atoms with Gasteiger partial charge in [0.2, 0.25) is 5.91 Å². The molecule has 6 nitrogen and oxygen atoms in total. The van der Waals surface area contributed by atoms with E-state index in [2.05, 4.69) is 24.1 Å². The third-order valence-electron chi connectivity index (χ3n) is 5.45. The first-order valence-corrected chi connectivity index (χ1v) is 10.3. The van der Waals surface area contributed by atoms with Gasteiger partial charge in [-0.25, -0.2) is 0 Å². The van der Waals surface area contributed by atoms with Gasteiger partial charge in [-0.1, -0.05) is 30.3 Å². The Labute approximate surface area is 178 Å². The first-order valence-electron chi connectivity index (χ1n) is 10.3. The Balaban J connectivity index is 1.55. The molecule has 0 aliphatic carbocycles. The van der Waals surface area contributed by atoms with Crippen LogP contribution in [0.4, 0.5) is 0 Å². The Kier molecular flexibility index (Phi) is 7.46. The lowest BCUT2D eigenvalue weighted by Gasteiger charge is -2.40. The van der Waals surface area contributed by atoms with E-state index in [1.807, 2.05) is 23.1 Å². The SMILES string of the molecule is COc1cc(C(C)=O)ccc1OCCCC(=O)N1CCN(C)CC1c1ccccc1. The van der Waals surface area contributed by atoms with E-state index in [1.165, 1.54) is 12.5 Å². The number of rotatable bonds is 8. The Bertz CT molecular complexity index is 869. The smallest absolute Gasteiger partial charge is 0.223 e. The summed E-state index contributed by atoms with van der Waals surface area (Å²) in [6.07, 6.45) is 1.05. The van der Waals surface area contributed by atoms with Crippen molar-refractivity contribution in [2.75, 3.05) is 40.4 Å². The van der Waals surface area contributed by atoms with Gasteiger partial charge in [0, 0.05) is 31.6 Å². The van der Waals surface area contributed by atoms with Crippen molar-refractivity contribution >= 4 is 11.7 Å². The first kappa shape index (κ1) is 21.8. The van der Waals surface area contributed by atoms with Crippen LogP contribution in [0.25, 0.3) is 0 Å². The first-order chi connectivity index (χ1) is 14.5. The number of carbonyl (C=O) groups excluding carboxylic acids is 2. The van der Waals surface area contributed by atoms with Gasteiger partial charge in [-0.15, -0.1) is 0 Å². The van der Waals surface area contributed by atoms with Gasteiger partial charge in [-0.3, -0.25) is 9.59 Å². The van der Waals surface area contributed by atoms with Crippen molar-refractivity contribution in [2.24, 2.45) is 0 Å². The fourth-order valence-corrected chi connectivity index (χ4v) is 3.73. The van der Waals surface area contributed by atoms with E-state index in [4.69, 9.17) is 9.47 Å². The van der Waals surface area contributed by atoms with Crippen LogP contribution < -0.4 is 9.47 Å². The fraction of sp³-hybridized carbons (Fsp3) is 0.417. The summed E-state index contributed by atoms with van der Waals surface area (Å²) in [5.41, 5.74) is 1.75. The fourth-order valence-electron chi connectivity index (χ4n) is 3.73. The second kappa shape index (κ2) is 10.3. The highest BCUT2D eigenvalue weighted by atomic mass is 16.5. The summed E-state index contributed by atoms with van der Waals surface area (Å²) in [5.74, 6) is 1.24. The maximum Gasteiger partial charge on any atom is 0.223 e. The number of hydrogen-bond donors (Lipinski definition) is 0. The van der Waals surface area contributed by atoms with Gasteiger partial charge in [0.1, 0.15) is 0 Å². The standard InChI is InChI=1S/C24H30N2O4/c1-18(27)20-11-12-22(23(16-20)29-3)30-15-7-10-24(28)26-14-13-25(2)17-21(26)19-8-5-4-6-9-19/h4-6,8-9,11-12,16,21H,7,10,13-15,17H2,1-3H3. The number of likely N-dealkylation sites (N-methyl/N-ethyl adjacent to an activating group) is 1. The second-order valence-corrected chi connectivity index (χ2v) is 7.65. The lowest BCUT2D eigenvalue weighted by Crippen LogP contribution is -2.49. The van der Waals surface area contributed by atoms with E-state index in [0.717, 1.165) is 19.6 Å². The van der Waals surface area contributed by atoms with Gasteiger partial charge in [0.05, 0.1) is 19.8 Å². The second-order valence-electron chi connectivity index (χ2n) is 7.65. The number of nitrogens with zero attached hydrogens (tertiary/aromatic N) is 2. The molecule has 30 heavy (non-hydrogen) atoms. The Morgan fingerprint density at radius 2 is 1.83 bits per heavy atom. The number of amides is 1. The zero-order chi connectivity index (χ0) is 21.5. The highest BCUT2D eigenvalue weighted by molar-refractivity contribution is 5.94. The van der Waals surface area contributed by atoms with Gasteiger partial charge in [-0.05, 0) is 44.2 Å². The van der Waals surface area contributed by atoms with Gasteiger partial charge in [-0.2, -0.15) is 0 Å². The summed E-state index contributed by atoms with van der Waals surface area (Å²) >= 11 is 0. The molecule has 2 aromatic carbocycles. The monoisotopic (exact) mass is 410 g/mol. The molecule has 3 rings (SSSR count). The number of carbonyl (C=O) groups is 2. The van der Waals surface area contributed by atoms with Crippen LogP contribution in [0.1, 0.15) is 41.7 Å². The molecule has 1 atom stereocenters. The van der Waals surface area contributed by atoms with Gasteiger partial charge >= 0.3 is 0 Å². The minimum absolute atomic E-state index is 0.0226. The lowest BCUT2D eigenvalue weighted by molar-refractivity contribution is -0.136. The number of benzene rings is 2. The van der Waals surface area contributed by atoms with Crippen LogP contribution in [-0.2, 0) is 4.79 Å². The molecule has 0 bridgehead atoms. The molecule has 1 saturated heterocycles. The van der Waals surface area contributed by atoms with E-state index in [1.54, 1.807) is 25.3 Å². The molecule has 0 aromatic heterocycles. The summed E-state index contributed by atoms with van der Waals surface area (Å²) < 4.78 is 11.1. The minimum Gasteiger partial charge on any atom is -0.493 e. The van der Waals surface area contributed by atoms with Crippen LogP contribution in [0.2, 0.25) is 0 Å². The topological polar surface area (TPSA) is 59.1 Å². The molecule has 1 unspecified atom stereocenters. The van der Waals surface area contributed by atoms with Crippen LogP contribution in [0, 0.1) is 0 Å². The van der Waals surface area contributed by atoms with Gasteiger partial charge in [0.15, 0.2) is 17.3 Å². The van der Waals surface area contributed by atoms with E-state index in [9.17, 15) is 9.59 Å². The number of hydrogen-bond acceptors (Lipinski definition) is 5. The molecule has 1 heterocycles. The molecular weight excluding hydrogens is 380 g/mol. The molecule has 6 heteroatoms. The largest absolute Gasteiger partial charge is 0.493 e. The van der Waals surface area contributed by atoms with Crippen molar-refractivity contribution in [3.63, 3.8) is 0 Å². The van der Waals surface area contributed by atoms with E-state index in [-0.39, 0.29) is 17.7 Å². The number of piperazine rings is 1. The van der Waals surface area contributed by atoms with Gasteiger partial charge in [0.25, 0.3) is 0 Å². The molecule has 0 N–H and O–H groups in total. The molecule has 160 valence electrons. The van der Waals surface area contributed by atoms with E-state index in [0.29, 0.717) is 36.5 Å². The predicted molar refractivity (Wildman–Crippen MR) is 116 cm³/mol. The van der Waals surface area contributed by atoms with Crippen LogP contribution >= 0.6 is 0 Å². The third kappa shape index (κ3) is 5.39. The average Bonchev–Trinajstić information content (AvgIpc) is 2.77. The zero-order valence-electron chi connectivity index (χ0n) is 18.0. The molecule has 0 saturated carbocycles. The molecular formula is C24H30N2O4. The predicted octanol–water partition coefficient (Wildman–Crippen LogP) is 3.57. The minimum atomic E-state index is -0.0226. The summed E-state index contributed by atoms with van der Waals surface area (Å²) in [4.78, 5) is 28.7. The molecule has 1 aliphatic rings. The molecule has 1 amide bonds. The summed E-state index contributed by atoms with van der Waals surface area (Å²) in [6.45, 7) is 4.38. The highest BCUT2D eigenvalue weighted by Crippen LogP contribution is 2.29. The van der Waals surface area contributed by atoms with E-state index >= 15 is 0 Å². The lowest BCUT2D eigenvalue weighted by atomic mass is 10.0. The average molecular weight is 411 g/mol. The summed E-state index contributed by atoms with van der Waals surface area (Å²) in [6, 6.07) is 15.4. The Hall–Kier alpha value is -2.86. The molecule has 1 aliphatic heterocycles. The number of Topliss-reactive ketones (excluding diaryl/α,β-unsaturated/α-hetero) is 1. The highest BCUT2D eigenvalue weighted by Gasteiger charge is 2.29. The van der Waals surface area contributed by atoms with Crippen LogP contribution in [0.5, 0.6) is 11.5 Å². The Morgan fingerprint density at radius 1 is 1.07 bits per heavy atom. The molecule has 2 aromatic rings. The molecule has 1 fully saturated rings. The van der Waals surface area contributed by atoms with E-state index < -0.39 is 0 Å². The zero-order valence-corrected chi connectivity index (χ0v) is 18.0. The quantitative estimate of drug-likeness (QED) is 0.492. The van der Waals surface area contributed by atoms with Crippen molar-refractivity contribution in [1.82, 2.24) is 9.80 Å². The number of ketones is 1. The van der Waals surface area contributed by atoms with Gasteiger partial charge < -0.3 is 19.3 Å². The van der Waals surface area contributed by atoms with Crippen LogP contribution in [0.3, 0.4) is 0 Å². The molecule has 0 radical (unpaired) electrons. The summed E-state index contributed by atoms with van der Waals surface area (Å²) in [5, 5.41) is 0. The van der Waals surface area contributed by atoms with Crippen molar-refractivity contribution in [3.05, 3.63) is 59.7 Å². The maximum absolute atomic E-state index is 12.9. The van der Waals surface area contributed by atoms with Crippen molar-refractivity contribution in [3.8, 4) is 11.5 Å². The van der Waals surface area contributed by atoms with Crippen LogP contribution in [0.15, 0.2) is 48.5 Å². The number of ether oxygens (including phenoxy) is 2. The molecule has 0 spiro atoms. The van der Waals surface area contributed by atoms with Crippen LogP contribution in [-0.4, -0.2) is 61.9 Å². The van der Waals surface area contributed by atoms with Crippen molar-refractivity contribution < 1.29 is 19.1 Å². The van der Waals surface area contributed by atoms with Crippen molar-refractivity contribution in [2.45, 2.75) is 25.8 Å². The summed E-state index contributed by atoms with van der Waals surface area (Å²) in [7, 11) is 3.64. The number of methoxy groups -OCH3 is 1.